The number of carbonyl (C=O) groups excluding carboxylic acids is 1. The van der Waals surface area contributed by atoms with Crippen molar-refractivity contribution < 1.29 is 9.63 Å². The molecule has 1 atom stereocenters. The van der Waals surface area contributed by atoms with Crippen molar-refractivity contribution >= 4 is 11.6 Å². The molecule has 0 aromatic heterocycles. The lowest BCUT2D eigenvalue weighted by Crippen LogP contribution is -2.37. The number of amides is 1. The molecule has 1 aliphatic carbocycles. The van der Waals surface area contributed by atoms with Crippen LogP contribution in [0.15, 0.2) is 35.5 Å². The van der Waals surface area contributed by atoms with Crippen molar-refractivity contribution in [1.29, 1.82) is 0 Å². The quantitative estimate of drug-likeness (QED) is 0.854. The highest BCUT2D eigenvalue weighted by atomic mass is 16.6. The zero-order valence-corrected chi connectivity index (χ0v) is 12.5. The van der Waals surface area contributed by atoms with Gasteiger partial charge in [0.2, 0.25) is 5.91 Å². The van der Waals surface area contributed by atoms with E-state index < -0.39 is 0 Å². The minimum Gasteiger partial charge on any atom is -0.390 e. The highest BCUT2D eigenvalue weighted by Gasteiger charge is 2.29. The van der Waals surface area contributed by atoms with E-state index in [4.69, 9.17) is 4.84 Å². The summed E-state index contributed by atoms with van der Waals surface area (Å²) in [5.74, 6) is 0.496. The maximum atomic E-state index is 12.3. The molecule has 4 heteroatoms. The van der Waals surface area contributed by atoms with Gasteiger partial charge in [0.1, 0.15) is 0 Å². The van der Waals surface area contributed by atoms with Crippen molar-refractivity contribution in [2.45, 2.75) is 38.2 Å². The Balaban J connectivity index is 1.52. The van der Waals surface area contributed by atoms with Gasteiger partial charge in [-0.2, -0.15) is 0 Å². The zero-order chi connectivity index (χ0) is 14.7. The molecule has 112 valence electrons. The molecule has 4 nitrogen and oxygen atoms in total. The first-order valence-electron chi connectivity index (χ1n) is 7.77. The van der Waals surface area contributed by atoms with Crippen LogP contribution in [0.2, 0.25) is 0 Å². The number of likely N-dealkylation sites (N-methyl/N-ethyl adjacent to an activating group) is 1. The van der Waals surface area contributed by atoms with Crippen LogP contribution < -0.4 is 0 Å². The smallest absolute Gasteiger partial charge is 0.225 e. The van der Waals surface area contributed by atoms with E-state index in [1.807, 2.05) is 42.3 Å². The van der Waals surface area contributed by atoms with E-state index in [1.54, 1.807) is 0 Å². The number of carbonyl (C=O) groups is 1. The molecular weight excluding hydrogens is 264 g/mol. The van der Waals surface area contributed by atoms with Crippen molar-refractivity contribution in [3.05, 3.63) is 35.9 Å². The fourth-order valence-corrected chi connectivity index (χ4v) is 3.21. The summed E-state index contributed by atoms with van der Waals surface area (Å²) in [6, 6.07) is 10.1. The normalized spacial score (nSPS) is 22.0. The van der Waals surface area contributed by atoms with E-state index in [2.05, 4.69) is 5.16 Å². The summed E-state index contributed by atoms with van der Waals surface area (Å²) in [5.41, 5.74) is 2.08. The lowest BCUT2D eigenvalue weighted by molar-refractivity contribution is -0.135. The van der Waals surface area contributed by atoms with Crippen LogP contribution in [-0.2, 0) is 9.63 Å². The predicted molar refractivity (Wildman–Crippen MR) is 82.1 cm³/mol. The number of hydrogen-bond acceptors (Lipinski definition) is 3. The van der Waals surface area contributed by atoms with E-state index in [0.717, 1.165) is 30.5 Å². The van der Waals surface area contributed by atoms with Crippen LogP contribution >= 0.6 is 0 Å². The summed E-state index contributed by atoms with van der Waals surface area (Å²) >= 11 is 0. The minimum atomic E-state index is -0.0180. The van der Waals surface area contributed by atoms with E-state index in [1.165, 1.54) is 12.8 Å². The molecule has 1 heterocycles. The fourth-order valence-electron chi connectivity index (χ4n) is 3.21. The second kappa shape index (κ2) is 6.29. The summed E-state index contributed by atoms with van der Waals surface area (Å²) in [6.45, 7) is 0.620. The summed E-state index contributed by atoms with van der Waals surface area (Å²) in [4.78, 5) is 19.6. The SMILES string of the molecule is CN(C[C@@H]1CC(c2ccccc2)=NO1)C(=O)C1CCCC1. The van der Waals surface area contributed by atoms with Gasteiger partial charge in [0.05, 0.1) is 12.3 Å². The van der Waals surface area contributed by atoms with Gasteiger partial charge >= 0.3 is 0 Å². The second-order valence-electron chi connectivity index (χ2n) is 6.04. The van der Waals surface area contributed by atoms with Gasteiger partial charge in [-0.3, -0.25) is 4.79 Å². The molecule has 0 radical (unpaired) electrons. The highest BCUT2D eigenvalue weighted by Crippen LogP contribution is 2.26. The summed E-state index contributed by atoms with van der Waals surface area (Å²) < 4.78 is 0. The maximum Gasteiger partial charge on any atom is 0.225 e. The van der Waals surface area contributed by atoms with Crippen LogP contribution in [0, 0.1) is 5.92 Å². The lowest BCUT2D eigenvalue weighted by atomic mass is 10.0. The lowest BCUT2D eigenvalue weighted by Gasteiger charge is -2.23. The Bertz CT molecular complexity index is 521. The Labute approximate surface area is 125 Å². The van der Waals surface area contributed by atoms with E-state index in [0.29, 0.717) is 6.54 Å². The third kappa shape index (κ3) is 3.26. The fraction of sp³-hybridized carbons (Fsp3) is 0.529. The predicted octanol–water partition coefficient (Wildman–Crippen LogP) is 2.83. The van der Waals surface area contributed by atoms with Gasteiger partial charge in [-0.15, -0.1) is 0 Å². The van der Waals surface area contributed by atoms with Crippen molar-refractivity contribution in [3.63, 3.8) is 0 Å². The molecule has 1 fully saturated rings. The first-order valence-corrected chi connectivity index (χ1v) is 7.77. The molecule has 1 aromatic carbocycles. The second-order valence-corrected chi connectivity index (χ2v) is 6.04. The van der Waals surface area contributed by atoms with Crippen LogP contribution in [0.4, 0.5) is 0 Å². The molecule has 0 bridgehead atoms. The summed E-state index contributed by atoms with van der Waals surface area (Å²) in [6.07, 6.45) is 5.21. The number of hydrogen-bond donors (Lipinski definition) is 0. The average Bonchev–Trinajstić information content (AvgIpc) is 3.19. The molecule has 0 spiro atoms. The largest absolute Gasteiger partial charge is 0.390 e. The number of nitrogens with zero attached hydrogens (tertiary/aromatic N) is 2. The highest BCUT2D eigenvalue weighted by molar-refractivity contribution is 6.01. The molecule has 1 aromatic rings. The van der Waals surface area contributed by atoms with Crippen LogP contribution in [0.3, 0.4) is 0 Å². The first-order chi connectivity index (χ1) is 10.2. The van der Waals surface area contributed by atoms with Crippen molar-refractivity contribution in [2.75, 3.05) is 13.6 Å². The van der Waals surface area contributed by atoms with E-state index in [9.17, 15) is 4.79 Å². The van der Waals surface area contributed by atoms with E-state index in [-0.39, 0.29) is 17.9 Å². The molecule has 1 saturated carbocycles. The van der Waals surface area contributed by atoms with Crippen molar-refractivity contribution in [1.82, 2.24) is 4.90 Å². The molecule has 0 saturated heterocycles. The topological polar surface area (TPSA) is 41.9 Å². The Hall–Kier alpha value is -1.84. The van der Waals surface area contributed by atoms with Crippen LogP contribution in [-0.4, -0.2) is 36.2 Å². The van der Waals surface area contributed by atoms with Crippen LogP contribution in [0.1, 0.15) is 37.7 Å². The third-order valence-corrected chi connectivity index (χ3v) is 4.40. The Morgan fingerprint density at radius 3 is 2.71 bits per heavy atom. The molecule has 3 rings (SSSR count). The third-order valence-electron chi connectivity index (χ3n) is 4.40. The standard InChI is InChI=1S/C17H22N2O2/c1-19(17(20)14-9-5-6-10-14)12-15-11-16(18-21-15)13-7-3-2-4-8-13/h2-4,7-8,14-15H,5-6,9-12H2,1H3/t15-/m0/s1. The van der Waals surface area contributed by atoms with Gasteiger partial charge < -0.3 is 9.74 Å². The molecule has 0 unspecified atom stereocenters. The maximum absolute atomic E-state index is 12.3. The van der Waals surface area contributed by atoms with Gasteiger partial charge in [-0.1, -0.05) is 48.3 Å². The first kappa shape index (κ1) is 14.1. The van der Waals surface area contributed by atoms with Gasteiger partial charge in [0, 0.05) is 19.4 Å². The molecule has 2 aliphatic rings. The Morgan fingerprint density at radius 1 is 1.29 bits per heavy atom. The number of rotatable bonds is 4. The monoisotopic (exact) mass is 286 g/mol. The van der Waals surface area contributed by atoms with Crippen LogP contribution in [0.5, 0.6) is 0 Å². The van der Waals surface area contributed by atoms with Gasteiger partial charge in [-0.25, -0.2) is 0 Å². The summed E-state index contributed by atoms with van der Waals surface area (Å²) in [5, 5.41) is 4.18. The Morgan fingerprint density at radius 2 is 2.00 bits per heavy atom. The van der Waals surface area contributed by atoms with E-state index >= 15 is 0 Å². The zero-order valence-electron chi connectivity index (χ0n) is 12.5. The molecule has 0 N–H and O–H groups in total. The molecule has 1 aliphatic heterocycles. The molecule has 21 heavy (non-hydrogen) atoms. The number of oxime groups is 1. The number of benzene rings is 1. The molecule has 1 amide bonds. The Kier molecular flexibility index (Phi) is 4.23. The van der Waals surface area contributed by atoms with Gasteiger partial charge in [0.25, 0.3) is 0 Å². The van der Waals surface area contributed by atoms with Gasteiger partial charge in [0.15, 0.2) is 6.10 Å². The van der Waals surface area contributed by atoms with Crippen molar-refractivity contribution in [3.8, 4) is 0 Å². The molecular formula is C17H22N2O2. The average molecular weight is 286 g/mol. The van der Waals surface area contributed by atoms with Crippen molar-refractivity contribution in [2.24, 2.45) is 11.1 Å². The summed E-state index contributed by atoms with van der Waals surface area (Å²) in [7, 11) is 1.88. The minimum absolute atomic E-state index is 0.0180. The van der Waals surface area contributed by atoms with Gasteiger partial charge in [-0.05, 0) is 18.4 Å². The van der Waals surface area contributed by atoms with Crippen LogP contribution in [0.25, 0.3) is 0 Å².